The molecule has 0 saturated carbocycles. The fourth-order valence-electron chi connectivity index (χ4n) is 6.00. The molecule has 4 heterocycles. The third kappa shape index (κ3) is 13.3. The lowest BCUT2D eigenvalue weighted by molar-refractivity contribution is -0.371. The van der Waals surface area contributed by atoms with E-state index in [1.54, 1.807) is 0 Å². The molecule has 14 nitrogen and oxygen atoms in total. The Morgan fingerprint density at radius 2 is 1.21 bits per heavy atom. The Kier molecular flexibility index (Phi) is 17.7. The summed E-state index contributed by atoms with van der Waals surface area (Å²) < 4.78 is 39.6. The number of carbonyl (C=O) groups is 3. The first kappa shape index (κ1) is 40.3. The summed E-state index contributed by atoms with van der Waals surface area (Å²) in [6.07, 6.45) is 0.483. The van der Waals surface area contributed by atoms with E-state index >= 15 is 0 Å². The number of hydrogen-bond donors (Lipinski definition) is 4. The average Bonchev–Trinajstić information content (AvgIpc) is 3.03. The molecule has 5 unspecified atom stereocenters. The van der Waals surface area contributed by atoms with Gasteiger partial charge in [-0.1, -0.05) is 50.7 Å². The number of esters is 3. The van der Waals surface area contributed by atoms with Gasteiger partial charge in [0.15, 0.2) is 18.7 Å². The lowest BCUT2D eigenvalue weighted by atomic mass is 9.97. The largest absolute Gasteiger partial charge is 0.463 e. The SMILES string of the molecule is CC(=O)OCC1O[C@H]2OC(C)CCCCCCC=CCCCCCCCC(=O)O[C@@H]3C(COC(C)=O)O[C@@H](O[C@H]2C(O)[C@@H]1O)[C@@H](O)C3O. The van der Waals surface area contributed by atoms with Crippen LogP contribution in [0.25, 0.3) is 0 Å². The van der Waals surface area contributed by atoms with Crippen molar-refractivity contribution in [3.63, 3.8) is 0 Å². The molecule has 11 atom stereocenters. The average molecular weight is 689 g/mol. The van der Waals surface area contributed by atoms with E-state index in [1.807, 2.05) is 6.92 Å². The lowest BCUT2D eigenvalue weighted by Gasteiger charge is -2.47. The van der Waals surface area contributed by atoms with Crippen LogP contribution in [0, 0.1) is 0 Å². The van der Waals surface area contributed by atoms with E-state index in [0.717, 1.165) is 64.2 Å². The van der Waals surface area contributed by atoms with Crippen LogP contribution in [-0.4, -0.2) is 119 Å². The summed E-state index contributed by atoms with van der Waals surface area (Å²) in [6, 6.07) is 0. The number of aliphatic hydroxyl groups excluding tert-OH is 4. The van der Waals surface area contributed by atoms with Gasteiger partial charge in [0.05, 0.1) is 6.10 Å². The van der Waals surface area contributed by atoms with Crippen molar-refractivity contribution < 1.29 is 68.0 Å². The molecule has 14 heteroatoms. The van der Waals surface area contributed by atoms with Crippen LogP contribution in [0.15, 0.2) is 12.2 Å². The smallest absolute Gasteiger partial charge is 0.306 e. The molecule has 0 radical (unpaired) electrons. The molecule has 2 saturated heterocycles. The third-order valence-electron chi connectivity index (χ3n) is 8.76. The summed E-state index contributed by atoms with van der Waals surface area (Å²) in [4.78, 5) is 35.8. The summed E-state index contributed by atoms with van der Waals surface area (Å²) >= 11 is 0. The maximum absolute atomic E-state index is 12.7. The molecule has 4 N–H and O–H groups in total. The predicted molar refractivity (Wildman–Crippen MR) is 169 cm³/mol. The monoisotopic (exact) mass is 688 g/mol. The molecule has 0 aromatic rings. The number of allylic oxidation sites excluding steroid dienone is 2. The van der Waals surface area contributed by atoms with Crippen LogP contribution in [-0.2, 0) is 47.5 Å². The Morgan fingerprint density at radius 1 is 0.667 bits per heavy atom. The molecule has 0 spiro atoms. The van der Waals surface area contributed by atoms with Gasteiger partial charge in [-0.15, -0.1) is 0 Å². The first-order valence-electron chi connectivity index (χ1n) is 17.4. The molecule has 0 aromatic carbocycles. The van der Waals surface area contributed by atoms with Crippen LogP contribution in [0.2, 0.25) is 0 Å². The normalized spacial score (nSPS) is 37.1. The van der Waals surface area contributed by atoms with E-state index in [1.165, 1.54) is 13.8 Å². The second kappa shape index (κ2) is 21.1. The van der Waals surface area contributed by atoms with Gasteiger partial charge in [0.25, 0.3) is 0 Å². The molecule has 48 heavy (non-hydrogen) atoms. The summed E-state index contributed by atoms with van der Waals surface area (Å²) in [7, 11) is 0. The molecule has 4 aliphatic rings. The Bertz CT molecular complexity index is 1010. The highest BCUT2D eigenvalue weighted by Crippen LogP contribution is 2.32. The van der Waals surface area contributed by atoms with E-state index in [9.17, 15) is 34.8 Å². The van der Waals surface area contributed by atoms with Crippen LogP contribution >= 0.6 is 0 Å². The molecule has 4 aliphatic heterocycles. The Hall–Kier alpha value is -2.17. The zero-order valence-corrected chi connectivity index (χ0v) is 28.5. The van der Waals surface area contributed by atoms with Gasteiger partial charge < -0.3 is 53.6 Å². The minimum Gasteiger partial charge on any atom is -0.463 e. The molecule has 2 fully saturated rings. The minimum atomic E-state index is -1.79. The quantitative estimate of drug-likeness (QED) is 0.191. The highest BCUT2D eigenvalue weighted by molar-refractivity contribution is 5.69. The third-order valence-corrected chi connectivity index (χ3v) is 8.76. The maximum Gasteiger partial charge on any atom is 0.306 e. The van der Waals surface area contributed by atoms with Crippen molar-refractivity contribution in [3.05, 3.63) is 12.2 Å². The summed E-state index contributed by atoms with van der Waals surface area (Å²) in [5, 5.41) is 44.2. The van der Waals surface area contributed by atoms with Crippen LogP contribution in [0.4, 0.5) is 0 Å². The van der Waals surface area contributed by atoms with E-state index < -0.39 is 85.9 Å². The van der Waals surface area contributed by atoms with Crippen LogP contribution in [0.3, 0.4) is 0 Å². The van der Waals surface area contributed by atoms with Gasteiger partial charge in [0.1, 0.15) is 55.9 Å². The molecule has 2 bridgehead atoms. The number of rotatable bonds is 4. The molecule has 276 valence electrons. The number of aliphatic hydroxyl groups is 4. The van der Waals surface area contributed by atoms with Crippen LogP contribution in [0.1, 0.15) is 104 Å². The first-order chi connectivity index (χ1) is 23.0. The standard InChI is InChI=1S/C34H56O14/c1-21-17-15-13-11-9-7-5-4-6-8-10-12-14-16-18-26(37)47-31-25(20-43-23(3)36)46-33(30(41)29(31)40)48-32-28(39)27(38)24(19-42-22(2)35)45-34(32)44-21/h4-5,21,24-25,27-34,38-41H,6-20H2,1-3H3/t21?,24?,25?,27-,28?,29?,30+,31-,32+,33+,34-/m1/s1. The Labute approximate surface area is 283 Å². The van der Waals surface area contributed by atoms with E-state index in [4.69, 9.17) is 33.2 Å². The van der Waals surface area contributed by atoms with E-state index in [-0.39, 0.29) is 19.1 Å². The summed E-state index contributed by atoms with van der Waals surface area (Å²) in [6.45, 7) is 3.42. The van der Waals surface area contributed by atoms with Crippen molar-refractivity contribution in [2.75, 3.05) is 13.2 Å². The van der Waals surface area contributed by atoms with Crippen molar-refractivity contribution in [3.8, 4) is 0 Å². The number of carbonyl (C=O) groups excluding carboxylic acids is 3. The molecule has 4 rings (SSSR count). The predicted octanol–water partition coefficient (Wildman–Crippen LogP) is 2.35. The van der Waals surface area contributed by atoms with Gasteiger partial charge in [0.2, 0.25) is 0 Å². The zero-order valence-electron chi connectivity index (χ0n) is 28.5. The molecule has 0 aliphatic carbocycles. The second-order valence-electron chi connectivity index (χ2n) is 12.9. The van der Waals surface area contributed by atoms with Crippen molar-refractivity contribution in [2.45, 2.75) is 172 Å². The van der Waals surface area contributed by atoms with Crippen molar-refractivity contribution in [1.82, 2.24) is 0 Å². The Balaban J connectivity index is 1.81. The topological polar surface area (TPSA) is 197 Å². The molecule has 0 amide bonds. The fourth-order valence-corrected chi connectivity index (χ4v) is 6.00. The maximum atomic E-state index is 12.7. The fraction of sp³-hybridized carbons (Fsp3) is 0.853. The van der Waals surface area contributed by atoms with E-state index in [2.05, 4.69) is 12.2 Å². The van der Waals surface area contributed by atoms with Crippen molar-refractivity contribution in [2.24, 2.45) is 0 Å². The highest BCUT2D eigenvalue weighted by Gasteiger charge is 2.53. The van der Waals surface area contributed by atoms with Crippen LogP contribution in [0.5, 0.6) is 0 Å². The molecule has 0 aromatic heterocycles. The van der Waals surface area contributed by atoms with Gasteiger partial charge in [0, 0.05) is 20.3 Å². The Morgan fingerprint density at radius 3 is 1.85 bits per heavy atom. The number of ether oxygens (including phenoxy) is 7. The molecular formula is C34H56O14. The highest BCUT2D eigenvalue weighted by atomic mass is 16.8. The summed E-state index contributed by atoms with van der Waals surface area (Å²) in [5.74, 6) is -1.86. The second-order valence-corrected chi connectivity index (χ2v) is 12.9. The van der Waals surface area contributed by atoms with Gasteiger partial charge in [-0.05, 0) is 45.4 Å². The zero-order chi connectivity index (χ0) is 35.1. The first-order valence-corrected chi connectivity index (χ1v) is 17.4. The van der Waals surface area contributed by atoms with E-state index in [0.29, 0.717) is 12.8 Å². The summed E-state index contributed by atoms with van der Waals surface area (Å²) in [5.41, 5.74) is 0. The van der Waals surface area contributed by atoms with Crippen LogP contribution < -0.4 is 0 Å². The minimum absolute atomic E-state index is 0.0919. The van der Waals surface area contributed by atoms with Crippen molar-refractivity contribution >= 4 is 17.9 Å². The van der Waals surface area contributed by atoms with Gasteiger partial charge >= 0.3 is 17.9 Å². The lowest BCUT2D eigenvalue weighted by Crippen LogP contribution is -2.65. The molecular weight excluding hydrogens is 632 g/mol. The van der Waals surface area contributed by atoms with Gasteiger partial charge in [-0.3, -0.25) is 14.4 Å². The number of fused-ring (bicyclic) bond motifs is 19. The van der Waals surface area contributed by atoms with Crippen molar-refractivity contribution in [1.29, 1.82) is 0 Å². The van der Waals surface area contributed by atoms with Gasteiger partial charge in [-0.2, -0.15) is 0 Å². The number of hydrogen-bond acceptors (Lipinski definition) is 14. The van der Waals surface area contributed by atoms with Gasteiger partial charge in [-0.25, -0.2) is 0 Å².